The van der Waals surface area contributed by atoms with Crippen molar-refractivity contribution in [2.45, 2.75) is 50.7 Å². The summed E-state index contributed by atoms with van der Waals surface area (Å²) in [7, 11) is 1.77. The van der Waals surface area contributed by atoms with Gasteiger partial charge in [-0.05, 0) is 32.6 Å². The van der Waals surface area contributed by atoms with E-state index < -0.39 is 5.67 Å². The van der Waals surface area contributed by atoms with Gasteiger partial charge >= 0.3 is 0 Å². The second-order valence-electron chi connectivity index (χ2n) is 5.16. The highest BCUT2D eigenvalue weighted by atomic mass is 35.5. The molecule has 1 fully saturated rings. The largest absolute Gasteiger partial charge is 0.328 e. The van der Waals surface area contributed by atoms with Crippen molar-refractivity contribution in [1.29, 1.82) is 0 Å². The van der Waals surface area contributed by atoms with Crippen LogP contribution in [0.5, 0.6) is 0 Å². The average molecular weight is 260 g/mol. The van der Waals surface area contributed by atoms with E-state index in [9.17, 15) is 4.39 Å². The number of aryl methyl sites for hydroxylation is 2. The Balaban J connectivity index is 2.19. The first-order valence-electron chi connectivity index (χ1n) is 6.04. The first-order valence-corrected chi connectivity index (χ1v) is 6.41. The molecule has 0 aliphatic heterocycles. The van der Waals surface area contributed by atoms with Crippen LogP contribution in [0.15, 0.2) is 0 Å². The highest BCUT2D eigenvalue weighted by Gasteiger charge is 2.36. The van der Waals surface area contributed by atoms with E-state index in [4.69, 9.17) is 17.3 Å². The van der Waals surface area contributed by atoms with E-state index in [-0.39, 0.29) is 6.04 Å². The normalized spacial score (nSPS) is 29.6. The van der Waals surface area contributed by atoms with E-state index in [2.05, 4.69) is 5.10 Å². The van der Waals surface area contributed by atoms with Gasteiger partial charge in [-0.2, -0.15) is 5.10 Å². The molecule has 5 heteroatoms. The highest BCUT2D eigenvalue weighted by molar-refractivity contribution is 6.30. The Morgan fingerprint density at radius 3 is 2.88 bits per heavy atom. The molecule has 1 aromatic rings. The molecule has 1 aromatic heterocycles. The Hall–Kier alpha value is -0.610. The molecule has 0 bridgehead atoms. The lowest BCUT2D eigenvalue weighted by Gasteiger charge is -2.33. The number of rotatable bonds is 2. The van der Waals surface area contributed by atoms with Gasteiger partial charge in [0.05, 0.1) is 5.69 Å². The van der Waals surface area contributed by atoms with Crippen LogP contribution in [0.4, 0.5) is 4.39 Å². The van der Waals surface area contributed by atoms with Gasteiger partial charge in [0.15, 0.2) is 0 Å². The maximum atomic E-state index is 14.7. The van der Waals surface area contributed by atoms with Crippen molar-refractivity contribution in [3.63, 3.8) is 0 Å². The van der Waals surface area contributed by atoms with Crippen LogP contribution < -0.4 is 5.73 Å². The fourth-order valence-corrected chi connectivity index (χ4v) is 2.95. The monoisotopic (exact) mass is 259 g/mol. The Kier molecular flexibility index (Phi) is 3.46. The van der Waals surface area contributed by atoms with Crippen LogP contribution in [0.2, 0.25) is 5.15 Å². The van der Waals surface area contributed by atoms with Gasteiger partial charge in [-0.1, -0.05) is 11.6 Å². The molecule has 2 rings (SSSR count). The number of nitrogens with two attached hydrogens (primary N) is 1. The van der Waals surface area contributed by atoms with Crippen molar-refractivity contribution in [2.24, 2.45) is 12.8 Å². The minimum absolute atomic E-state index is 0.0236. The third-order valence-corrected chi connectivity index (χ3v) is 4.06. The summed E-state index contributed by atoms with van der Waals surface area (Å²) in [6.07, 6.45) is 3.11. The zero-order valence-corrected chi connectivity index (χ0v) is 11.1. The molecule has 2 N–H and O–H groups in total. The smallest absolute Gasteiger partial charge is 0.130 e. The lowest BCUT2D eigenvalue weighted by atomic mass is 9.80. The molecule has 2 atom stereocenters. The first kappa shape index (κ1) is 12.8. The summed E-state index contributed by atoms with van der Waals surface area (Å²) in [6.45, 7) is 1.87. The van der Waals surface area contributed by atoms with Gasteiger partial charge < -0.3 is 5.73 Å². The van der Waals surface area contributed by atoms with E-state index >= 15 is 0 Å². The quantitative estimate of drug-likeness (QED) is 0.887. The molecule has 1 aliphatic rings. The summed E-state index contributed by atoms with van der Waals surface area (Å²) in [6, 6.07) is -0.0236. The molecular formula is C12H19ClFN3. The van der Waals surface area contributed by atoms with Gasteiger partial charge in [-0.3, -0.25) is 4.68 Å². The SMILES string of the molecule is Cc1nn(C)c(Cl)c1CC1(F)CCCC(N)C1. The van der Waals surface area contributed by atoms with Gasteiger partial charge in [-0.25, -0.2) is 4.39 Å². The van der Waals surface area contributed by atoms with Crippen molar-refractivity contribution < 1.29 is 4.39 Å². The predicted molar refractivity (Wildman–Crippen MR) is 66.9 cm³/mol. The molecule has 0 amide bonds. The number of hydrogen-bond acceptors (Lipinski definition) is 2. The van der Waals surface area contributed by atoms with Gasteiger partial charge in [0.25, 0.3) is 0 Å². The van der Waals surface area contributed by atoms with E-state index in [1.54, 1.807) is 11.7 Å². The molecule has 0 radical (unpaired) electrons. The van der Waals surface area contributed by atoms with E-state index in [0.29, 0.717) is 24.4 Å². The molecule has 1 aliphatic carbocycles. The lowest BCUT2D eigenvalue weighted by molar-refractivity contribution is 0.0963. The van der Waals surface area contributed by atoms with Crippen LogP contribution in [-0.2, 0) is 13.5 Å². The van der Waals surface area contributed by atoms with Crippen LogP contribution in [0.1, 0.15) is 36.9 Å². The number of hydrogen-bond donors (Lipinski definition) is 1. The number of alkyl halides is 1. The zero-order chi connectivity index (χ0) is 12.6. The van der Waals surface area contributed by atoms with Gasteiger partial charge in [0.2, 0.25) is 0 Å². The Bertz CT molecular complexity index is 418. The third-order valence-electron chi connectivity index (χ3n) is 3.59. The first-order chi connectivity index (χ1) is 7.91. The highest BCUT2D eigenvalue weighted by Crippen LogP contribution is 2.36. The molecule has 96 valence electrons. The topological polar surface area (TPSA) is 43.8 Å². The summed E-state index contributed by atoms with van der Waals surface area (Å²) in [5, 5.41) is 4.75. The Morgan fingerprint density at radius 1 is 1.65 bits per heavy atom. The second-order valence-corrected chi connectivity index (χ2v) is 5.52. The minimum atomic E-state index is -1.21. The third kappa shape index (κ3) is 2.63. The zero-order valence-electron chi connectivity index (χ0n) is 10.3. The summed E-state index contributed by atoms with van der Waals surface area (Å²) in [4.78, 5) is 0. The van der Waals surface area contributed by atoms with Crippen molar-refractivity contribution in [3.8, 4) is 0 Å². The van der Waals surface area contributed by atoms with Crippen LogP contribution in [0, 0.1) is 6.92 Å². The van der Waals surface area contributed by atoms with Crippen LogP contribution in [-0.4, -0.2) is 21.5 Å². The summed E-state index contributed by atoms with van der Waals surface area (Å²) < 4.78 is 16.3. The van der Waals surface area contributed by atoms with Gasteiger partial charge in [-0.15, -0.1) is 0 Å². The molecule has 17 heavy (non-hydrogen) atoms. The molecular weight excluding hydrogens is 241 g/mol. The van der Waals surface area contributed by atoms with Gasteiger partial charge in [0.1, 0.15) is 10.8 Å². The second kappa shape index (κ2) is 4.58. The Morgan fingerprint density at radius 2 is 2.35 bits per heavy atom. The summed E-state index contributed by atoms with van der Waals surface area (Å²) in [5.41, 5.74) is 6.28. The number of halogens is 2. The average Bonchev–Trinajstić information content (AvgIpc) is 2.44. The maximum Gasteiger partial charge on any atom is 0.130 e. The molecule has 0 saturated heterocycles. The van der Waals surface area contributed by atoms with Crippen LogP contribution >= 0.6 is 11.6 Å². The van der Waals surface area contributed by atoms with Crippen molar-refractivity contribution in [3.05, 3.63) is 16.4 Å². The summed E-state index contributed by atoms with van der Waals surface area (Å²) in [5.74, 6) is 0. The summed E-state index contributed by atoms with van der Waals surface area (Å²) >= 11 is 6.13. The molecule has 1 heterocycles. The number of nitrogens with zero attached hydrogens (tertiary/aromatic N) is 2. The maximum absolute atomic E-state index is 14.7. The van der Waals surface area contributed by atoms with Crippen molar-refractivity contribution in [1.82, 2.24) is 9.78 Å². The Labute approximate surface area is 106 Å². The van der Waals surface area contributed by atoms with E-state index in [1.165, 1.54) is 0 Å². The van der Waals surface area contributed by atoms with Crippen molar-refractivity contribution in [2.75, 3.05) is 0 Å². The fraction of sp³-hybridized carbons (Fsp3) is 0.750. The number of aromatic nitrogens is 2. The van der Waals surface area contributed by atoms with E-state index in [0.717, 1.165) is 24.1 Å². The van der Waals surface area contributed by atoms with E-state index in [1.807, 2.05) is 6.92 Å². The predicted octanol–water partition coefficient (Wildman–Crippen LogP) is 2.53. The van der Waals surface area contributed by atoms with Crippen LogP contribution in [0.3, 0.4) is 0 Å². The molecule has 0 aromatic carbocycles. The lowest BCUT2D eigenvalue weighted by Crippen LogP contribution is -2.39. The van der Waals surface area contributed by atoms with Crippen LogP contribution in [0.25, 0.3) is 0 Å². The minimum Gasteiger partial charge on any atom is -0.328 e. The molecule has 2 unspecified atom stereocenters. The molecule has 0 spiro atoms. The van der Waals surface area contributed by atoms with Gasteiger partial charge in [0, 0.05) is 25.1 Å². The standard InChI is InChI=1S/C12H19ClFN3/c1-8-10(11(13)17(2)16-8)7-12(14)5-3-4-9(15)6-12/h9H,3-7,15H2,1-2H3. The van der Waals surface area contributed by atoms with Crippen molar-refractivity contribution >= 4 is 11.6 Å². The fourth-order valence-electron chi connectivity index (χ4n) is 2.71. The molecule has 1 saturated carbocycles. The molecule has 3 nitrogen and oxygen atoms in total.